The van der Waals surface area contributed by atoms with Crippen LogP contribution in [0.15, 0.2) is 18.2 Å². The average molecular weight is 254 g/mol. The molecule has 0 radical (unpaired) electrons. The fourth-order valence-electron chi connectivity index (χ4n) is 2.13. The van der Waals surface area contributed by atoms with Crippen LogP contribution in [0, 0.1) is 23.0 Å². The van der Waals surface area contributed by atoms with Crippen molar-refractivity contribution in [1.29, 1.82) is 0 Å². The number of hydrogen-bond acceptors (Lipinski definition) is 2. The van der Waals surface area contributed by atoms with Crippen molar-refractivity contribution < 1.29 is 4.92 Å². The van der Waals surface area contributed by atoms with Crippen LogP contribution in [0.25, 0.3) is 0 Å². The molecule has 1 saturated carbocycles. The van der Waals surface area contributed by atoms with Gasteiger partial charge in [-0.05, 0) is 44.1 Å². The Hall–Kier alpha value is -1.09. The van der Waals surface area contributed by atoms with Crippen molar-refractivity contribution in [3.8, 4) is 0 Å². The van der Waals surface area contributed by atoms with E-state index in [1.807, 2.05) is 13.0 Å². The maximum absolute atomic E-state index is 10.8. The van der Waals surface area contributed by atoms with Gasteiger partial charge in [-0.1, -0.05) is 12.1 Å². The second-order valence-corrected chi connectivity index (χ2v) is 5.27. The minimum Gasteiger partial charge on any atom is -0.258 e. The van der Waals surface area contributed by atoms with Gasteiger partial charge in [-0.15, -0.1) is 11.6 Å². The number of rotatable bonds is 5. The highest BCUT2D eigenvalue weighted by atomic mass is 35.5. The number of hydrogen-bond donors (Lipinski definition) is 0. The summed E-state index contributed by atoms with van der Waals surface area (Å²) in [4.78, 5) is 10.5. The van der Waals surface area contributed by atoms with E-state index < -0.39 is 0 Å². The number of halogens is 1. The molecule has 0 aliphatic heterocycles. The van der Waals surface area contributed by atoms with E-state index in [2.05, 4.69) is 0 Å². The summed E-state index contributed by atoms with van der Waals surface area (Å²) >= 11 is 6.25. The van der Waals surface area contributed by atoms with Crippen LogP contribution in [0.5, 0.6) is 0 Å². The van der Waals surface area contributed by atoms with E-state index in [1.54, 1.807) is 12.1 Å². The van der Waals surface area contributed by atoms with E-state index in [-0.39, 0.29) is 16.0 Å². The second kappa shape index (κ2) is 5.05. The third-order valence-corrected chi connectivity index (χ3v) is 4.01. The lowest BCUT2D eigenvalue weighted by atomic mass is 10.0. The zero-order valence-electron chi connectivity index (χ0n) is 9.86. The topological polar surface area (TPSA) is 43.1 Å². The molecule has 1 aliphatic carbocycles. The molecule has 0 amide bonds. The fourth-order valence-corrected chi connectivity index (χ4v) is 2.49. The fraction of sp³-hybridized carbons (Fsp3) is 0.538. The van der Waals surface area contributed by atoms with Crippen molar-refractivity contribution in [3.05, 3.63) is 39.4 Å². The highest BCUT2D eigenvalue weighted by Gasteiger charge is 2.29. The van der Waals surface area contributed by atoms with E-state index in [9.17, 15) is 10.1 Å². The third kappa shape index (κ3) is 2.97. The molecule has 1 aromatic carbocycles. The lowest BCUT2D eigenvalue weighted by Crippen LogP contribution is -2.04. The van der Waals surface area contributed by atoms with Crippen molar-refractivity contribution in [3.63, 3.8) is 0 Å². The van der Waals surface area contributed by atoms with Gasteiger partial charge in [-0.3, -0.25) is 10.1 Å². The zero-order chi connectivity index (χ0) is 12.4. The molecule has 4 heteroatoms. The summed E-state index contributed by atoms with van der Waals surface area (Å²) in [6.45, 7) is 1.81. The van der Waals surface area contributed by atoms with Gasteiger partial charge in [0.15, 0.2) is 0 Å². The monoisotopic (exact) mass is 253 g/mol. The number of alkyl halides is 1. The minimum atomic E-state index is -0.322. The Kier molecular flexibility index (Phi) is 3.67. The van der Waals surface area contributed by atoms with Gasteiger partial charge >= 0.3 is 0 Å². The van der Waals surface area contributed by atoms with Crippen molar-refractivity contribution in [1.82, 2.24) is 0 Å². The SMILES string of the molecule is Cc1c(CCC(Cl)C2CC2)cccc1[N+](=O)[O-]. The van der Waals surface area contributed by atoms with Crippen LogP contribution >= 0.6 is 11.6 Å². The van der Waals surface area contributed by atoms with E-state index in [1.165, 1.54) is 12.8 Å². The first-order valence-corrected chi connectivity index (χ1v) is 6.40. The molecule has 2 rings (SSSR count). The minimum absolute atomic E-state index is 0.208. The standard InChI is InChI=1S/C13H16ClNO2/c1-9-10(3-2-4-13(9)15(16)17)7-8-12(14)11-5-6-11/h2-4,11-12H,5-8H2,1H3. The van der Waals surface area contributed by atoms with Crippen LogP contribution in [0.2, 0.25) is 0 Å². The third-order valence-electron chi connectivity index (χ3n) is 3.44. The largest absolute Gasteiger partial charge is 0.272 e. The van der Waals surface area contributed by atoms with Gasteiger partial charge in [0.1, 0.15) is 0 Å². The van der Waals surface area contributed by atoms with Crippen molar-refractivity contribution in [2.45, 2.75) is 38.0 Å². The number of nitrogens with zero attached hydrogens (tertiary/aromatic N) is 1. The maximum Gasteiger partial charge on any atom is 0.272 e. The summed E-state index contributed by atoms with van der Waals surface area (Å²) < 4.78 is 0. The quantitative estimate of drug-likeness (QED) is 0.454. The average Bonchev–Trinajstić information content (AvgIpc) is 3.10. The summed E-state index contributed by atoms with van der Waals surface area (Å²) in [6, 6.07) is 5.26. The van der Waals surface area contributed by atoms with Crippen LogP contribution in [-0.4, -0.2) is 10.3 Å². The number of nitro groups is 1. The number of nitro benzene ring substituents is 1. The second-order valence-electron chi connectivity index (χ2n) is 4.71. The zero-order valence-corrected chi connectivity index (χ0v) is 10.6. The van der Waals surface area contributed by atoms with Crippen molar-refractivity contribution in [2.24, 2.45) is 5.92 Å². The number of aryl methyl sites for hydroxylation is 1. The Bertz CT molecular complexity index is 429. The summed E-state index contributed by atoms with van der Waals surface area (Å²) in [5.41, 5.74) is 2.03. The number of benzene rings is 1. The summed E-state index contributed by atoms with van der Waals surface area (Å²) in [6.07, 6.45) is 4.22. The van der Waals surface area contributed by atoms with Crippen molar-refractivity contribution >= 4 is 17.3 Å². The van der Waals surface area contributed by atoms with E-state index in [4.69, 9.17) is 11.6 Å². The highest BCUT2D eigenvalue weighted by molar-refractivity contribution is 6.20. The molecule has 92 valence electrons. The van der Waals surface area contributed by atoms with Gasteiger partial charge in [-0.2, -0.15) is 0 Å². The molecular formula is C13H16ClNO2. The normalized spacial score (nSPS) is 16.8. The van der Waals surface area contributed by atoms with E-state index >= 15 is 0 Å². The Morgan fingerprint density at radius 3 is 2.82 bits per heavy atom. The van der Waals surface area contributed by atoms with Gasteiger partial charge in [0.25, 0.3) is 5.69 Å². The molecule has 0 bridgehead atoms. The highest BCUT2D eigenvalue weighted by Crippen LogP contribution is 2.38. The van der Waals surface area contributed by atoms with E-state index in [0.717, 1.165) is 24.0 Å². The molecule has 1 fully saturated rings. The van der Waals surface area contributed by atoms with Gasteiger partial charge in [0.2, 0.25) is 0 Å². The van der Waals surface area contributed by atoms with Gasteiger partial charge in [0.05, 0.1) is 4.92 Å². The first kappa shape index (κ1) is 12.4. The Balaban J connectivity index is 2.04. The molecule has 1 unspecified atom stereocenters. The molecule has 0 heterocycles. The van der Waals surface area contributed by atoms with E-state index in [0.29, 0.717) is 5.92 Å². The summed E-state index contributed by atoms with van der Waals surface area (Å²) in [5, 5.41) is 11.0. The van der Waals surface area contributed by atoms with Crippen molar-refractivity contribution in [2.75, 3.05) is 0 Å². The smallest absolute Gasteiger partial charge is 0.258 e. The first-order valence-electron chi connectivity index (χ1n) is 5.96. The molecule has 1 aliphatic rings. The Morgan fingerprint density at radius 2 is 2.24 bits per heavy atom. The molecule has 0 spiro atoms. The van der Waals surface area contributed by atoms with Crippen LogP contribution < -0.4 is 0 Å². The lowest BCUT2D eigenvalue weighted by Gasteiger charge is -2.09. The molecule has 17 heavy (non-hydrogen) atoms. The van der Waals surface area contributed by atoms with Crippen LogP contribution in [0.1, 0.15) is 30.4 Å². The van der Waals surface area contributed by atoms with Gasteiger partial charge < -0.3 is 0 Å². The Labute approximate surface area is 106 Å². The molecule has 3 nitrogen and oxygen atoms in total. The van der Waals surface area contributed by atoms with Gasteiger partial charge in [0, 0.05) is 17.0 Å². The van der Waals surface area contributed by atoms with Crippen LogP contribution in [-0.2, 0) is 6.42 Å². The van der Waals surface area contributed by atoms with Crippen LogP contribution in [0.3, 0.4) is 0 Å². The maximum atomic E-state index is 10.8. The molecule has 0 N–H and O–H groups in total. The first-order chi connectivity index (χ1) is 8.09. The molecule has 0 aromatic heterocycles. The van der Waals surface area contributed by atoms with Gasteiger partial charge in [-0.25, -0.2) is 0 Å². The predicted octanol–water partition coefficient (Wildman–Crippen LogP) is 3.85. The molecule has 1 aromatic rings. The predicted molar refractivity (Wildman–Crippen MR) is 68.5 cm³/mol. The Morgan fingerprint density at radius 1 is 1.53 bits per heavy atom. The summed E-state index contributed by atoms with van der Waals surface area (Å²) in [7, 11) is 0. The molecular weight excluding hydrogens is 238 g/mol. The van der Waals surface area contributed by atoms with Crippen LogP contribution in [0.4, 0.5) is 5.69 Å². The molecule has 1 atom stereocenters. The molecule has 0 saturated heterocycles. The summed E-state index contributed by atoms with van der Waals surface area (Å²) in [5.74, 6) is 0.677. The lowest BCUT2D eigenvalue weighted by molar-refractivity contribution is -0.385.